The van der Waals surface area contributed by atoms with E-state index in [4.69, 9.17) is 4.42 Å². The first-order valence-corrected chi connectivity index (χ1v) is 22.5. The Balaban J connectivity index is 1.04. The van der Waals surface area contributed by atoms with Crippen molar-refractivity contribution in [3.05, 3.63) is 241 Å². The summed E-state index contributed by atoms with van der Waals surface area (Å²) >= 11 is 1.91. The smallest absolute Gasteiger partial charge is 0.143 e. The fourth-order valence-corrected chi connectivity index (χ4v) is 11.6. The van der Waals surface area contributed by atoms with Crippen LogP contribution in [0.2, 0.25) is 0 Å². The van der Waals surface area contributed by atoms with Crippen LogP contribution in [0.4, 0.5) is 0 Å². The Kier molecular flexibility index (Phi) is 8.22. The van der Waals surface area contributed by atoms with Gasteiger partial charge < -0.3 is 4.42 Å². The number of benzene rings is 11. The first kappa shape index (κ1) is 35.9. The maximum Gasteiger partial charge on any atom is 0.143 e. The molecule has 13 aromatic rings. The zero-order chi connectivity index (χ0) is 41.4. The van der Waals surface area contributed by atoms with E-state index in [-0.39, 0.29) is 5.92 Å². The lowest BCUT2D eigenvalue weighted by atomic mass is 9.81. The van der Waals surface area contributed by atoms with Gasteiger partial charge in [-0.25, -0.2) is 0 Å². The molecule has 0 aliphatic carbocycles. The summed E-state index contributed by atoms with van der Waals surface area (Å²) in [4.78, 5) is 0. The Hall–Kier alpha value is -7.78. The number of furan rings is 1. The Morgan fingerprint density at radius 1 is 0.333 bits per heavy atom. The lowest BCUT2D eigenvalue weighted by molar-refractivity contribution is 0.672. The Morgan fingerprint density at radius 3 is 1.57 bits per heavy atom. The summed E-state index contributed by atoms with van der Waals surface area (Å²) in [6.45, 7) is 0. The van der Waals surface area contributed by atoms with Crippen LogP contribution in [0, 0.1) is 0 Å². The number of thiophene rings is 1. The van der Waals surface area contributed by atoms with Crippen molar-refractivity contribution in [2.24, 2.45) is 0 Å². The van der Waals surface area contributed by atoms with Crippen molar-refractivity contribution < 1.29 is 4.42 Å². The molecule has 2 aromatic heterocycles. The first-order valence-electron chi connectivity index (χ1n) is 21.7. The molecule has 0 aliphatic rings. The van der Waals surface area contributed by atoms with E-state index in [0.29, 0.717) is 0 Å². The van der Waals surface area contributed by atoms with E-state index in [1.807, 2.05) is 11.3 Å². The van der Waals surface area contributed by atoms with Crippen LogP contribution >= 0.6 is 11.3 Å². The molecule has 0 aliphatic heterocycles. The van der Waals surface area contributed by atoms with Crippen molar-refractivity contribution in [1.29, 1.82) is 0 Å². The van der Waals surface area contributed by atoms with Gasteiger partial charge >= 0.3 is 0 Å². The summed E-state index contributed by atoms with van der Waals surface area (Å²) in [5, 5.41) is 12.1. The van der Waals surface area contributed by atoms with Gasteiger partial charge in [-0.15, -0.1) is 11.3 Å². The van der Waals surface area contributed by atoms with Crippen molar-refractivity contribution >= 4 is 85.8 Å². The van der Waals surface area contributed by atoms with Gasteiger partial charge in [-0.3, -0.25) is 0 Å². The van der Waals surface area contributed by atoms with E-state index in [0.717, 1.165) is 27.3 Å². The highest BCUT2D eigenvalue weighted by molar-refractivity contribution is 7.26. The van der Waals surface area contributed by atoms with Crippen molar-refractivity contribution in [3.63, 3.8) is 0 Å². The van der Waals surface area contributed by atoms with E-state index < -0.39 is 0 Å². The number of hydrogen-bond donors (Lipinski definition) is 0. The minimum Gasteiger partial charge on any atom is -0.455 e. The maximum atomic E-state index is 7.00. The molecule has 0 atom stereocenters. The molecular formula is C61H38OS. The predicted molar refractivity (Wildman–Crippen MR) is 269 cm³/mol. The van der Waals surface area contributed by atoms with Crippen LogP contribution in [0.25, 0.3) is 108 Å². The summed E-state index contributed by atoms with van der Waals surface area (Å²) in [6, 6.07) is 82.4. The van der Waals surface area contributed by atoms with Gasteiger partial charge in [0.15, 0.2) is 0 Å². The van der Waals surface area contributed by atoms with Crippen LogP contribution in [-0.4, -0.2) is 0 Å². The van der Waals surface area contributed by atoms with Gasteiger partial charge in [0.05, 0.1) is 0 Å². The van der Waals surface area contributed by atoms with E-state index in [1.165, 1.54) is 97.2 Å². The normalized spacial score (nSPS) is 12.0. The monoisotopic (exact) mass is 818 g/mol. The standard InChI is InChI=1S/C61H38OS/c1-2-13-38(14-3-1)41-27-31-42(32-28-41)47-21-10-22-50-51-23-11-24-52(61(51)63-60(47)50)54-37-55-58-53(25-12-26-56(58)62-59(55)49-20-9-8-19-48(49)54)57(45-33-29-39-15-4-6-17-43(39)35-45)46-34-30-40-16-5-7-18-44(40)36-46/h1-37,57H. The third-order valence-corrected chi connectivity index (χ3v) is 14.5. The van der Waals surface area contributed by atoms with Gasteiger partial charge in [-0.05, 0) is 83.6 Å². The summed E-state index contributed by atoms with van der Waals surface area (Å²) in [5.41, 5.74) is 13.0. The molecule has 0 fully saturated rings. The molecule has 294 valence electrons. The third-order valence-electron chi connectivity index (χ3n) is 13.2. The van der Waals surface area contributed by atoms with E-state index in [9.17, 15) is 0 Å². The molecule has 0 bridgehead atoms. The quantitative estimate of drug-likeness (QED) is 0.152. The molecule has 0 spiro atoms. The minimum absolute atomic E-state index is 0.0372. The van der Waals surface area contributed by atoms with Crippen LogP contribution < -0.4 is 0 Å². The fourth-order valence-electron chi connectivity index (χ4n) is 10.2. The molecule has 11 aromatic carbocycles. The summed E-state index contributed by atoms with van der Waals surface area (Å²) < 4.78 is 9.60. The molecule has 63 heavy (non-hydrogen) atoms. The molecule has 0 N–H and O–H groups in total. The minimum atomic E-state index is -0.0372. The lowest BCUT2D eigenvalue weighted by Crippen LogP contribution is -2.04. The Bertz CT molecular complexity index is 3830. The van der Waals surface area contributed by atoms with E-state index >= 15 is 0 Å². The average molecular weight is 819 g/mol. The molecular weight excluding hydrogens is 781 g/mol. The highest BCUT2D eigenvalue weighted by Crippen LogP contribution is 2.49. The fraction of sp³-hybridized carbons (Fsp3) is 0.0164. The van der Waals surface area contributed by atoms with Crippen LogP contribution in [0.5, 0.6) is 0 Å². The second kappa shape index (κ2) is 14.4. The van der Waals surface area contributed by atoms with Crippen molar-refractivity contribution in [3.8, 4) is 33.4 Å². The molecule has 2 heteroatoms. The number of fused-ring (bicyclic) bond motifs is 10. The van der Waals surface area contributed by atoms with Gasteiger partial charge in [0.2, 0.25) is 0 Å². The molecule has 0 saturated carbocycles. The average Bonchev–Trinajstić information content (AvgIpc) is 3.94. The van der Waals surface area contributed by atoms with Gasteiger partial charge in [0, 0.05) is 47.8 Å². The number of rotatable bonds is 6. The largest absolute Gasteiger partial charge is 0.455 e. The van der Waals surface area contributed by atoms with Crippen LogP contribution in [0.3, 0.4) is 0 Å². The second-order valence-electron chi connectivity index (χ2n) is 16.7. The molecule has 1 nitrogen and oxygen atoms in total. The first-order chi connectivity index (χ1) is 31.2. The highest BCUT2D eigenvalue weighted by Gasteiger charge is 2.25. The van der Waals surface area contributed by atoms with Gasteiger partial charge in [-0.1, -0.05) is 212 Å². The van der Waals surface area contributed by atoms with Crippen molar-refractivity contribution in [2.75, 3.05) is 0 Å². The van der Waals surface area contributed by atoms with Gasteiger partial charge in [0.1, 0.15) is 11.2 Å². The molecule has 0 radical (unpaired) electrons. The second-order valence-corrected chi connectivity index (χ2v) is 17.7. The predicted octanol–water partition coefficient (Wildman–Crippen LogP) is 17.6. The molecule has 13 rings (SSSR count). The SMILES string of the molecule is c1ccc(-c2ccc(-c3cccc4c3sc3c(-c5cc6c(oc7cccc(C(c8ccc9ccccc9c8)c8ccc9ccccc9c8)c76)c6ccccc56)cccc34)cc2)cc1. The summed E-state index contributed by atoms with van der Waals surface area (Å²) in [7, 11) is 0. The zero-order valence-corrected chi connectivity index (χ0v) is 35.1. The van der Waals surface area contributed by atoms with Gasteiger partial charge in [0.25, 0.3) is 0 Å². The summed E-state index contributed by atoms with van der Waals surface area (Å²) in [5.74, 6) is -0.0372. The van der Waals surface area contributed by atoms with Crippen molar-refractivity contribution in [1.82, 2.24) is 0 Å². The van der Waals surface area contributed by atoms with Crippen LogP contribution in [-0.2, 0) is 0 Å². The molecule has 0 saturated heterocycles. The molecule has 0 unspecified atom stereocenters. The zero-order valence-electron chi connectivity index (χ0n) is 34.3. The molecule has 0 amide bonds. The van der Waals surface area contributed by atoms with E-state index in [2.05, 4.69) is 224 Å². The topological polar surface area (TPSA) is 13.1 Å². The Labute approximate surface area is 368 Å². The third kappa shape index (κ3) is 5.83. The van der Waals surface area contributed by atoms with E-state index in [1.54, 1.807) is 0 Å². The number of hydrogen-bond acceptors (Lipinski definition) is 2. The molecule has 2 heterocycles. The lowest BCUT2D eigenvalue weighted by Gasteiger charge is -2.21. The van der Waals surface area contributed by atoms with Gasteiger partial charge in [-0.2, -0.15) is 0 Å². The highest BCUT2D eigenvalue weighted by atomic mass is 32.1. The van der Waals surface area contributed by atoms with Crippen molar-refractivity contribution in [2.45, 2.75) is 5.92 Å². The van der Waals surface area contributed by atoms with Crippen LogP contribution in [0.1, 0.15) is 22.6 Å². The Morgan fingerprint density at radius 2 is 0.873 bits per heavy atom. The maximum absolute atomic E-state index is 7.00. The van der Waals surface area contributed by atoms with Crippen LogP contribution in [0.15, 0.2) is 229 Å². The summed E-state index contributed by atoms with van der Waals surface area (Å²) in [6.07, 6.45) is 0.